The number of rotatable bonds is 4. The van der Waals surface area contributed by atoms with Crippen molar-refractivity contribution in [1.29, 1.82) is 5.26 Å². The normalized spacial score (nSPS) is 13.9. The van der Waals surface area contributed by atoms with Crippen LogP contribution in [0, 0.1) is 11.3 Å². The van der Waals surface area contributed by atoms with E-state index in [9.17, 15) is 10.1 Å². The fraction of sp³-hybridized carbons (Fsp3) is 0.250. The number of nitrogens with zero attached hydrogens (tertiary/aromatic N) is 4. The highest BCUT2D eigenvalue weighted by molar-refractivity contribution is 6.06. The van der Waals surface area contributed by atoms with Gasteiger partial charge in [-0.05, 0) is 23.6 Å². The molecule has 2 aromatic heterocycles. The molecule has 4 aromatic rings. The zero-order valence-electron chi connectivity index (χ0n) is 19.5. The van der Waals surface area contributed by atoms with Crippen LogP contribution in [0.5, 0.6) is 0 Å². The van der Waals surface area contributed by atoms with Gasteiger partial charge < -0.3 is 14.8 Å². The van der Waals surface area contributed by atoms with Gasteiger partial charge in [-0.15, -0.1) is 0 Å². The lowest BCUT2D eigenvalue weighted by Gasteiger charge is -2.36. The molecule has 34 heavy (non-hydrogen) atoms. The Balaban J connectivity index is 1.40. The lowest BCUT2D eigenvalue weighted by Crippen LogP contribution is -2.49. The van der Waals surface area contributed by atoms with E-state index < -0.39 is 0 Å². The second kappa shape index (κ2) is 9.03. The Bertz CT molecular complexity index is 1380. The van der Waals surface area contributed by atoms with E-state index in [0.29, 0.717) is 43.1 Å². The molecule has 170 valence electrons. The van der Waals surface area contributed by atoms with Crippen LogP contribution in [0.25, 0.3) is 22.0 Å². The number of hydrogen-bond acceptors (Lipinski definition) is 4. The Morgan fingerprint density at radius 1 is 1.03 bits per heavy atom. The molecule has 1 N–H and O–H groups in total. The van der Waals surface area contributed by atoms with Crippen molar-refractivity contribution < 1.29 is 4.79 Å². The van der Waals surface area contributed by atoms with Crippen molar-refractivity contribution in [3.05, 3.63) is 83.7 Å². The number of H-pyrrole nitrogens is 1. The molecule has 6 heteroatoms. The van der Waals surface area contributed by atoms with E-state index in [1.165, 1.54) is 0 Å². The fourth-order valence-electron chi connectivity index (χ4n) is 4.67. The molecule has 0 bridgehead atoms. The summed E-state index contributed by atoms with van der Waals surface area (Å²) in [4.78, 5) is 25.4. The summed E-state index contributed by atoms with van der Waals surface area (Å²) in [6, 6.07) is 22.3. The van der Waals surface area contributed by atoms with Crippen molar-refractivity contribution in [3.8, 4) is 17.2 Å². The second-order valence-corrected chi connectivity index (χ2v) is 8.95. The maximum absolute atomic E-state index is 13.2. The standard InChI is InChI=1S/C28H27N5O/c1-19(2)26-23(20-8-4-3-5-9-20)16-21(17-29)27(31-26)32-12-14-33(15-13-32)28(34)24-18-30-25-11-7-6-10-22(24)25/h3-11,16,18-19,30H,12-15H2,1-2H3. The van der Waals surface area contributed by atoms with Crippen molar-refractivity contribution in [2.75, 3.05) is 31.1 Å². The van der Waals surface area contributed by atoms with Crippen LogP contribution in [0.2, 0.25) is 0 Å². The number of carbonyl (C=O) groups excluding carboxylic acids is 1. The molecule has 0 radical (unpaired) electrons. The summed E-state index contributed by atoms with van der Waals surface area (Å²) in [5, 5.41) is 10.9. The van der Waals surface area contributed by atoms with Crippen LogP contribution in [-0.2, 0) is 0 Å². The minimum Gasteiger partial charge on any atom is -0.360 e. The molecule has 2 aromatic carbocycles. The quantitative estimate of drug-likeness (QED) is 0.465. The molecule has 3 heterocycles. The average molecular weight is 450 g/mol. The molecular formula is C28H27N5O. The Labute approximate surface area is 199 Å². The summed E-state index contributed by atoms with van der Waals surface area (Å²) in [6.07, 6.45) is 1.80. The average Bonchev–Trinajstić information content (AvgIpc) is 3.32. The number of benzene rings is 2. The van der Waals surface area contributed by atoms with Crippen LogP contribution in [0.3, 0.4) is 0 Å². The number of nitriles is 1. The van der Waals surface area contributed by atoms with Gasteiger partial charge in [0.25, 0.3) is 5.91 Å². The van der Waals surface area contributed by atoms with Gasteiger partial charge in [0.15, 0.2) is 0 Å². The van der Waals surface area contributed by atoms with E-state index in [0.717, 1.165) is 27.7 Å². The first kappa shape index (κ1) is 21.7. The topological polar surface area (TPSA) is 76.0 Å². The van der Waals surface area contributed by atoms with Crippen molar-refractivity contribution in [1.82, 2.24) is 14.9 Å². The van der Waals surface area contributed by atoms with Gasteiger partial charge in [-0.2, -0.15) is 5.26 Å². The summed E-state index contributed by atoms with van der Waals surface area (Å²) in [6.45, 7) is 6.70. The number of pyridine rings is 1. The summed E-state index contributed by atoms with van der Waals surface area (Å²) in [5.41, 5.74) is 5.29. The van der Waals surface area contributed by atoms with E-state index in [-0.39, 0.29) is 11.8 Å². The van der Waals surface area contributed by atoms with Gasteiger partial charge in [-0.25, -0.2) is 4.98 Å². The van der Waals surface area contributed by atoms with Gasteiger partial charge in [0, 0.05) is 48.8 Å². The van der Waals surface area contributed by atoms with Crippen LogP contribution in [0.4, 0.5) is 5.82 Å². The molecule has 0 atom stereocenters. The number of aromatic nitrogens is 2. The predicted octanol–water partition coefficient (Wildman–Crippen LogP) is 5.19. The van der Waals surface area contributed by atoms with E-state index in [1.54, 1.807) is 6.20 Å². The minimum absolute atomic E-state index is 0.0351. The number of amides is 1. The molecule has 5 rings (SSSR count). The monoisotopic (exact) mass is 449 g/mol. The van der Waals surface area contributed by atoms with Gasteiger partial charge in [-0.1, -0.05) is 62.4 Å². The number of aromatic amines is 1. The molecule has 1 saturated heterocycles. The molecule has 0 saturated carbocycles. The summed E-state index contributed by atoms with van der Waals surface area (Å²) >= 11 is 0. The number of fused-ring (bicyclic) bond motifs is 1. The van der Waals surface area contributed by atoms with Crippen molar-refractivity contribution in [2.45, 2.75) is 19.8 Å². The highest BCUT2D eigenvalue weighted by atomic mass is 16.2. The number of para-hydroxylation sites is 1. The summed E-state index contributed by atoms with van der Waals surface area (Å²) in [5.74, 6) is 0.962. The Kier molecular flexibility index (Phi) is 5.77. The van der Waals surface area contributed by atoms with Crippen LogP contribution in [-0.4, -0.2) is 47.0 Å². The Morgan fingerprint density at radius 3 is 2.44 bits per heavy atom. The SMILES string of the molecule is CC(C)c1nc(N2CCN(C(=O)c3c[nH]c4ccccc34)CC2)c(C#N)cc1-c1ccccc1. The second-order valence-electron chi connectivity index (χ2n) is 8.95. The number of nitrogens with one attached hydrogen (secondary N) is 1. The smallest absolute Gasteiger partial charge is 0.256 e. The van der Waals surface area contributed by atoms with Gasteiger partial charge in [0.2, 0.25) is 0 Å². The number of hydrogen-bond donors (Lipinski definition) is 1. The predicted molar refractivity (Wildman–Crippen MR) is 135 cm³/mol. The highest BCUT2D eigenvalue weighted by Gasteiger charge is 2.27. The highest BCUT2D eigenvalue weighted by Crippen LogP contribution is 2.33. The lowest BCUT2D eigenvalue weighted by molar-refractivity contribution is 0.0748. The first-order chi connectivity index (χ1) is 16.6. The number of anilines is 1. The zero-order valence-corrected chi connectivity index (χ0v) is 19.5. The Morgan fingerprint density at radius 2 is 1.74 bits per heavy atom. The van der Waals surface area contributed by atoms with Gasteiger partial charge in [-0.3, -0.25) is 4.79 Å². The maximum atomic E-state index is 13.2. The van der Waals surface area contributed by atoms with E-state index in [4.69, 9.17) is 4.98 Å². The molecule has 0 spiro atoms. The fourth-order valence-corrected chi connectivity index (χ4v) is 4.67. The van der Waals surface area contributed by atoms with E-state index in [2.05, 4.69) is 41.9 Å². The molecule has 1 aliphatic heterocycles. The maximum Gasteiger partial charge on any atom is 0.256 e. The molecule has 1 aliphatic rings. The molecule has 1 fully saturated rings. The number of carbonyl (C=O) groups is 1. The van der Waals surface area contributed by atoms with Crippen molar-refractivity contribution in [3.63, 3.8) is 0 Å². The van der Waals surface area contributed by atoms with E-state index in [1.807, 2.05) is 53.4 Å². The van der Waals surface area contributed by atoms with Crippen LogP contribution < -0.4 is 4.90 Å². The first-order valence-corrected chi connectivity index (χ1v) is 11.7. The van der Waals surface area contributed by atoms with E-state index >= 15 is 0 Å². The summed E-state index contributed by atoms with van der Waals surface area (Å²) in [7, 11) is 0. The van der Waals surface area contributed by atoms with Gasteiger partial charge >= 0.3 is 0 Å². The minimum atomic E-state index is 0.0351. The molecule has 6 nitrogen and oxygen atoms in total. The van der Waals surface area contributed by atoms with Gasteiger partial charge in [0.1, 0.15) is 11.9 Å². The third-order valence-electron chi connectivity index (χ3n) is 6.47. The molecule has 0 unspecified atom stereocenters. The zero-order chi connectivity index (χ0) is 23.7. The summed E-state index contributed by atoms with van der Waals surface area (Å²) < 4.78 is 0. The Hall–Kier alpha value is -4.11. The van der Waals surface area contributed by atoms with Crippen LogP contribution in [0.15, 0.2) is 66.9 Å². The van der Waals surface area contributed by atoms with Crippen molar-refractivity contribution >= 4 is 22.6 Å². The van der Waals surface area contributed by atoms with Crippen LogP contribution >= 0.6 is 0 Å². The third-order valence-corrected chi connectivity index (χ3v) is 6.47. The third kappa shape index (κ3) is 3.90. The van der Waals surface area contributed by atoms with Gasteiger partial charge in [0.05, 0.1) is 16.8 Å². The van der Waals surface area contributed by atoms with Crippen LogP contribution in [0.1, 0.15) is 41.4 Å². The lowest BCUT2D eigenvalue weighted by atomic mass is 9.96. The largest absolute Gasteiger partial charge is 0.360 e. The van der Waals surface area contributed by atoms with Crippen molar-refractivity contribution in [2.24, 2.45) is 0 Å². The molecule has 0 aliphatic carbocycles. The molecular weight excluding hydrogens is 422 g/mol. The first-order valence-electron chi connectivity index (χ1n) is 11.7. The number of piperazine rings is 1. The molecule has 1 amide bonds.